The van der Waals surface area contributed by atoms with E-state index in [4.69, 9.17) is 9.27 Å². The van der Waals surface area contributed by atoms with Crippen molar-refractivity contribution in [3.05, 3.63) is 0 Å². The predicted molar refractivity (Wildman–Crippen MR) is 10.9 cm³/mol. The maximum absolute atomic E-state index is 9.13. The Balaban J connectivity index is 2.30. The third-order valence-corrected chi connectivity index (χ3v) is 0.500. The summed E-state index contributed by atoms with van der Waals surface area (Å²) in [5.74, 6) is 0. The van der Waals surface area contributed by atoms with Crippen molar-refractivity contribution in [3.8, 4) is 0 Å². The molecule has 0 saturated heterocycles. The zero-order chi connectivity index (χ0) is 3.41. The molecule has 0 aliphatic carbocycles. The third kappa shape index (κ3) is 2.25. The number of carbonyl (C=O) groups is 1. The normalized spacial score (nSPS) is 4.25. The maximum atomic E-state index is 9.13. The van der Waals surface area contributed by atoms with Gasteiger partial charge >= 0.3 is 31.5 Å². The van der Waals surface area contributed by atoms with Gasteiger partial charge < -0.3 is 0 Å². The number of carbonyl (C=O) groups excluding carboxylic acids is 1. The molecular formula is CH3NOZn. The number of nitrogens with two attached hydrogens (primary N) is 1. The van der Waals surface area contributed by atoms with E-state index in [1.54, 1.807) is 0 Å². The topological polar surface area (TPSA) is 43.1 Å². The van der Waals surface area contributed by atoms with Gasteiger partial charge in [-0.15, -0.1) is 0 Å². The third-order valence-electron chi connectivity index (χ3n) is 0.0962. The van der Waals surface area contributed by atoms with Crippen LogP contribution >= 0.6 is 0 Å². The fraction of sp³-hybridized carbons (Fsp3) is 0. The zero-order valence-electron chi connectivity index (χ0n) is 2.27. The van der Waals surface area contributed by atoms with E-state index in [-0.39, 0.29) is 0 Å². The molecule has 2 N–H and O–H groups in total. The van der Waals surface area contributed by atoms with E-state index in [1.165, 1.54) is 0 Å². The first kappa shape index (κ1) is 4.25. The molecule has 0 aromatic rings. The van der Waals surface area contributed by atoms with Gasteiger partial charge in [0.05, 0.1) is 0 Å². The SMILES string of the molecule is [NH2][Zn][CH]=O. The molecule has 4 heavy (non-hydrogen) atoms. The van der Waals surface area contributed by atoms with Crippen molar-refractivity contribution in [1.29, 1.82) is 0 Å². The second kappa shape index (κ2) is 3.25. The fourth-order valence-corrected chi connectivity index (χ4v) is 0. The summed E-state index contributed by atoms with van der Waals surface area (Å²) < 4.78 is 4.85. The van der Waals surface area contributed by atoms with Crippen molar-refractivity contribution >= 4 is 4.88 Å². The molecule has 0 radical (unpaired) electrons. The minimum atomic E-state index is -1.07. The molecule has 20 valence electrons. The summed E-state index contributed by atoms with van der Waals surface area (Å²) in [5, 5.41) is 0. The predicted octanol–water partition coefficient (Wildman–Crippen LogP) is -0.867. The van der Waals surface area contributed by atoms with Gasteiger partial charge in [0.15, 0.2) is 0 Å². The van der Waals surface area contributed by atoms with Gasteiger partial charge in [0, 0.05) is 0 Å². The van der Waals surface area contributed by atoms with Crippen LogP contribution < -0.4 is 4.48 Å². The van der Waals surface area contributed by atoms with Crippen LogP contribution in [0.1, 0.15) is 0 Å². The Bertz CT molecular complexity index is 22.0. The Kier molecular flexibility index (Phi) is 3.46. The van der Waals surface area contributed by atoms with E-state index in [0.717, 1.165) is 4.88 Å². The molecule has 0 atom stereocenters. The van der Waals surface area contributed by atoms with Gasteiger partial charge in [0.1, 0.15) is 0 Å². The van der Waals surface area contributed by atoms with E-state index in [9.17, 15) is 0 Å². The molecule has 3 heteroatoms. The molecule has 0 fully saturated rings. The van der Waals surface area contributed by atoms with Crippen molar-refractivity contribution in [1.82, 2.24) is 0 Å². The van der Waals surface area contributed by atoms with Crippen molar-refractivity contribution in [2.45, 2.75) is 0 Å². The molecule has 0 bridgehead atoms. The number of hydrogen-bond acceptors (Lipinski definition) is 2. The zero-order valence-corrected chi connectivity index (χ0v) is 5.24. The first-order chi connectivity index (χ1) is 1.91. The molecule has 0 saturated carbocycles. The van der Waals surface area contributed by atoms with Crippen LogP contribution in [0.15, 0.2) is 0 Å². The van der Waals surface area contributed by atoms with Gasteiger partial charge in [-0.05, 0) is 0 Å². The summed E-state index contributed by atoms with van der Waals surface area (Å²) in [4.78, 5) is 9.97. The molecule has 0 aromatic carbocycles. The second-order valence-electron chi connectivity index (χ2n) is 0.402. The first-order valence-electron chi connectivity index (χ1n) is 1.05. The minimum absolute atomic E-state index is 0.840. The average molecular weight is 110 g/mol. The van der Waals surface area contributed by atoms with Crippen LogP contribution in [-0.2, 0) is 22.2 Å². The van der Waals surface area contributed by atoms with Crippen molar-refractivity contribution in [3.63, 3.8) is 0 Å². The standard InChI is InChI=1S/CHO.H2N.Zn/c1-2;;/h1H;1H2;/q;-1;+1. The second-order valence-corrected chi connectivity index (χ2v) is 2.09. The summed E-state index contributed by atoms with van der Waals surface area (Å²) in [7, 11) is 0. The molecule has 2 nitrogen and oxygen atoms in total. The summed E-state index contributed by atoms with van der Waals surface area (Å²) in [5.41, 5.74) is 0. The van der Waals surface area contributed by atoms with E-state index in [1.807, 2.05) is 0 Å². The summed E-state index contributed by atoms with van der Waals surface area (Å²) >= 11 is -1.07. The van der Waals surface area contributed by atoms with Crippen LogP contribution in [0, 0.1) is 0 Å². The fourth-order valence-electron chi connectivity index (χ4n) is 0. The summed E-state index contributed by atoms with van der Waals surface area (Å²) in [6.07, 6.45) is 0. The van der Waals surface area contributed by atoms with Crippen LogP contribution in [0.25, 0.3) is 0 Å². The van der Waals surface area contributed by atoms with Crippen LogP contribution in [0.3, 0.4) is 0 Å². The molecular weight excluding hydrogens is 107 g/mol. The monoisotopic (exact) mass is 109 g/mol. The Hall–Kier alpha value is 0.253. The van der Waals surface area contributed by atoms with Crippen molar-refractivity contribution < 1.29 is 22.2 Å². The van der Waals surface area contributed by atoms with E-state index >= 15 is 0 Å². The van der Waals surface area contributed by atoms with Gasteiger partial charge in [0.2, 0.25) is 0 Å². The summed E-state index contributed by atoms with van der Waals surface area (Å²) in [6, 6.07) is 0. The molecule has 0 aliphatic heterocycles. The quantitative estimate of drug-likeness (QED) is 0.352. The Morgan fingerprint density at radius 3 is 2.25 bits per heavy atom. The van der Waals surface area contributed by atoms with Crippen molar-refractivity contribution in [2.75, 3.05) is 0 Å². The van der Waals surface area contributed by atoms with E-state index in [2.05, 4.69) is 0 Å². The van der Waals surface area contributed by atoms with Crippen LogP contribution in [0.2, 0.25) is 0 Å². The van der Waals surface area contributed by atoms with Crippen LogP contribution in [0.4, 0.5) is 0 Å². The number of hydrogen-bond donors (Lipinski definition) is 1. The van der Waals surface area contributed by atoms with Gasteiger partial charge in [-0.2, -0.15) is 0 Å². The molecule has 0 spiro atoms. The van der Waals surface area contributed by atoms with Gasteiger partial charge in [-0.3, -0.25) is 0 Å². The van der Waals surface area contributed by atoms with Crippen LogP contribution in [-0.4, -0.2) is 4.88 Å². The first-order valence-corrected chi connectivity index (χ1v) is 4.48. The summed E-state index contributed by atoms with van der Waals surface area (Å²) in [6.45, 7) is 0. The van der Waals surface area contributed by atoms with Gasteiger partial charge in [-0.1, -0.05) is 0 Å². The molecule has 0 amide bonds. The molecule has 0 aliphatic rings. The molecule has 0 unspecified atom stereocenters. The molecule has 0 rings (SSSR count). The van der Waals surface area contributed by atoms with E-state index < -0.39 is 17.4 Å². The molecule has 0 heterocycles. The Morgan fingerprint density at radius 1 is 2.00 bits per heavy atom. The van der Waals surface area contributed by atoms with Gasteiger partial charge in [-0.25, -0.2) is 0 Å². The average Bonchev–Trinajstić information content (AvgIpc) is 1.37. The number of rotatable bonds is 1. The molecule has 0 aromatic heterocycles. The van der Waals surface area contributed by atoms with Crippen molar-refractivity contribution in [2.24, 2.45) is 4.48 Å². The Morgan fingerprint density at radius 2 is 2.25 bits per heavy atom. The van der Waals surface area contributed by atoms with Crippen LogP contribution in [0.5, 0.6) is 0 Å². The van der Waals surface area contributed by atoms with E-state index in [0.29, 0.717) is 0 Å². The Labute approximate surface area is 32.2 Å². The van der Waals surface area contributed by atoms with Gasteiger partial charge in [0.25, 0.3) is 0 Å².